The minimum Gasteiger partial charge on any atom is -0.504 e. The second-order valence-electron chi connectivity index (χ2n) is 7.09. The van der Waals surface area contributed by atoms with E-state index in [4.69, 9.17) is 9.47 Å². The number of hydrogen-bond donors (Lipinski definition) is 6. The molecule has 1 unspecified atom stereocenters. The van der Waals surface area contributed by atoms with Gasteiger partial charge in [-0.1, -0.05) is 12.1 Å². The number of methoxy groups -OCH3 is 1. The Bertz CT molecular complexity index is 1010. The van der Waals surface area contributed by atoms with Crippen LogP contribution in [0.5, 0.6) is 11.5 Å². The SMILES string of the molecule is COc1cccc(CNc2ncn(C3O[C@H](CO)[C@@H](O)[C@H](O)[C@H]3O)c3ncnc2-3)c1O. The number of nitrogens with one attached hydrogen (secondary N) is 1. The van der Waals surface area contributed by atoms with Gasteiger partial charge in [-0.3, -0.25) is 4.57 Å². The Balaban J connectivity index is 1.61. The molecule has 4 rings (SSSR count). The van der Waals surface area contributed by atoms with E-state index in [1.54, 1.807) is 18.2 Å². The number of aromatic nitrogens is 4. The van der Waals surface area contributed by atoms with Gasteiger partial charge in [0.25, 0.3) is 0 Å². The second kappa shape index (κ2) is 8.61. The number of aliphatic hydroxyl groups is 4. The number of aliphatic hydroxyl groups excluding tert-OH is 4. The predicted octanol–water partition coefficient (Wildman–Crippen LogP) is -0.923. The highest BCUT2D eigenvalue weighted by Crippen LogP contribution is 2.34. The summed E-state index contributed by atoms with van der Waals surface area (Å²) in [4.78, 5) is 12.7. The molecule has 0 radical (unpaired) electrons. The number of anilines is 1. The van der Waals surface area contributed by atoms with E-state index in [1.165, 1.54) is 24.3 Å². The van der Waals surface area contributed by atoms with Crippen LogP contribution in [0.4, 0.5) is 5.82 Å². The molecule has 0 aliphatic carbocycles. The third kappa shape index (κ3) is 3.75. The molecule has 5 atom stereocenters. The van der Waals surface area contributed by atoms with Crippen LogP contribution in [-0.2, 0) is 11.3 Å². The summed E-state index contributed by atoms with van der Waals surface area (Å²) in [6.07, 6.45) is -4.06. The van der Waals surface area contributed by atoms with Gasteiger partial charge in [0, 0.05) is 12.1 Å². The smallest absolute Gasteiger partial charge is 0.167 e. The molecule has 166 valence electrons. The standard InChI is InChI=1S/C19H23N5O7/c1-30-10-4-2-3-9(13(10)26)5-20-17-12-18(22-7-21-12)24(8-23-17)19-16(29)15(28)14(27)11(6-25)31-19/h2-4,7-8,11,14-16,19-20,25-29H,5-6H2,1H3/t11-,14-,15+,16-,19?/m1/s1. The molecule has 0 amide bonds. The molecule has 1 saturated heterocycles. The van der Waals surface area contributed by atoms with Gasteiger partial charge in [0.2, 0.25) is 0 Å². The lowest BCUT2D eigenvalue weighted by atomic mass is 9.98. The van der Waals surface area contributed by atoms with Crippen molar-refractivity contribution in [2.24, 2.45) is 0 Å². The van der Waals surface area contributed by atoms with Crippen molar-refractivity contribution in [1.82, 2.24) is 19.5 Å². The fourth-order valence-electron chi connectivity index (χ4n) is 3.53. The zero-order chi connectivity index (χ0) is 22.1. The second-order valence-corrected chi connectivity index (χ2v) is 7.09. The van der Waals surface area contributed by atoms with Crippen LogP contribution >= 0.6 is 0 Å². The summed E-state index contributed by atoms with van der Waals surface area (Å²) < 4.78 is 12.1. The first kappa shape index (κ1) is 21.2. The number of fused-ring (bicyclic) bond motifs is 1. The summed E-state index contributed by atoms with van der Waals surface area (Å²) in [5.74, 6) is 1.03. The van der Waals surface area contributed by atoms with Gasteiger partial charge in [0.1, 0.15) is 37.1 Å². The number of hydrogen-bond acceptors (Lipinski definition) is 11. The van der Waals surface area contributed by atoms with Crippen molar-refractivity contribution in [1.29, 1.82) is 0 Å². The van der Waals surface area contributed by atoms with Gasteiger partial charge in [-0.05, 0) is 6.07 Å². The topological polar surface area (TPSA) is 175 Å². The van der Waals surface area contributed by atoms with Crippen molar-refractivity contribution in [2.45, 2.75) is 37.2 Å². The van der Waals surface area contributed by atoms with Crippen molar-refractivity contribution in [3.63, 3.8) is 0 Å². The van der Waals surface area contributed by atoms with Crippen molar-refractivity contribution in [3.05, 3.63) is 36.4 Å². The molecule has 1 fully saturated rings. The van der Waals surface area contributed by atoms with Gasteiger partial charge in [-0.25, -0.2) is 15.0 Å². The highest BCUT2D eigenvalue weighted by Gasteiger charge is 2.45. The van der Waals surface area contributed by atoms with Crippen LogP contribution in [0.25, 0.3) is 11.5 Å². The minimum atomic E-state index is -1.53. The zero-order valence-corrected chi connectivity index (χ0v) is 16.5. The molecule has 1 aromatic carbocycles. The summed E-state index contributed by atoms with van der Waals surface area (Å²) in [6.45, 7) is -0.322. The molecule has 0 saturated carbocycles. The fourth-order valence-corrected chi connectivity index (χ4v) is 3.53. The van der Waals surface area contributed by atoms with Crippen LogP contribution < -0.4 is 10.1 Å². The van der Waals surface area contributed by atoms with Gasteiger partial charge in [0.15, 0.2) is 35.1 Å². The van der Waals surface area contributed by atoms with Crippen LogP contribution in [0.2, 0.25) is 0 Å². The maximum atomic E-state index is 10.4. The van der Waals surface area contributed by atoms with Gasteiger partial charge in [0.05, 0.1) is 13.7 Å². The Hall–Kier alpha value is -3.03. The molecule has 3 aliphatic heterocycles. The molecule has 12 nitrogen and oxygen atoms in total. The molecule has 0 bridgehead atoms. The predicted molar refractivity (Wildman–Crippen MR) is 105 cm³/mol. The lowest BCUT2D eigenvalue weighted by molar-refractivity contribution is -0.251. The van der Waals surface area contributed by atoms with E-state index in [9.17, 15) is 25.5 Å². The molecule has 3 heterocycles. The van der Waals surface area contributed by atoms with Crippen LogP contribution in [0.15, 0.2) is 30.9 Å². The lowest BCUT2D eigenvalue weighted by Gasteiger charge is -2.41. The van der Waals surface area contributed by atoms with E-state index in [2.05, 4.69) is 20.3 Å². The Kier molecular flexibility index (Phi) is 5.89. The third-order valence-corrected chi connectivity index (χ3v) is 5.25. The Morgan fingerprint density at radius 1 is 1.13 bits per heavy atom. The van der Waals surface area contributed by atoms with E-state index in [1.807, 2.05) is 0 Å². The Morgan fingerprint density at radius 3 is 2.68 bits per heavy atom. The first-order chi connectivity index (χ1) is 15.0. The number of nitrogens with zero attached hydrogens (tertiary/aromatic N) is 4. The van der Waals surface area contributed by atoms with E-state index in [0.717, 1.165) is 0 Å². The molecular formula is C19H23N5O7. The van der Waals surface area contributed by atoms with Crippen LogP contribution in [0.1, 0.15) is 11.8 Å². The molecule has 3 aliphatic rings. The molecule has 0 spiro atoms. The maximum Gasteiger partial charge on any atom is 0.167 e. The largest absolute Gasteiger partial charge is 0.504 e. The number of para-hydroxylation sites is 1. The van der Waals surface area contributed by atoms with Gasteiger partial charge < -0.3 is 40.3 Å². The van der Waals surface area contributed by atoms with Crippen LogP contribution in [0.3, 0.4) is 0 Å². The Morgan fingerprint density at radius 2 is 1.94 bits per heavy atom. The van der Waals surface area contributed by atoms with Crippen molar-refractivity contribution in [3.8, 4) is 23.0 Å². The number of phenols is 1. The maximum absolute atomic E-state index is 10.4. The highest BCUT2D eigenvalue weighted by molar-refractivity contribution is 5.67. The Labute approximate surface area is 176 Å². The summed E-state index contributed by atoms with van der Waals surface area (Å²) in [6, 6.07) is 5.12. The van der Waals surface area contributed by atoms with Gasteiger partial charge >= 0.3 is 0 Å². The molecule has 6 N–H and O–H groups in total. The van der Waals surface area contributed by atoms with Gasteiger partial charge in [-0.2, -0.15) is 0 Å². The number of ether oxygens (including phenoxy) is 2. The summed E-state index contributed by atoms with van der Waals surface area (Å²) in [5.41, 5.74) is 0.946. The first-order valence-electron chi connectivity index (χ1n) is 9.53. The summed E-state index contributed by atoms with van der Waals surface area (Å²) in [7, 11) is 1.46. The number of benzene rings is 1. The van der Waals surface area contributed by atoms with E-state index in [-0.39, 0.29) is 12.3 Å². The number of rotatable bonds is 6. The molecule has 0 aromatic heterocycles. The molecule has 31 heavy (non-hydrogen) atoms. The summed E-state index contributed by atoms with van der Waals surface area (Å²) >= 11 is 0. The fraction of sp³-hybridized carbons (Fsp3) is 0.421. The third-order valence-electron chi connectivity index (χ3n) is 5.25. The number of imidazole rings is 1. The number of phenolic OH excluding ortho intramolecular Hbond substituents is 1. The van der Waals surface area contributed by atoms with Crippen molar-refractivity contribution < 1.29 is 35.0 Å². The van der Waals surface area contributed by atoms with E-state index < -0.39 is 37.3 Å². The average molecular weight is 433 g/mol. The lowest BCUT2D eigenvalue weighted by Crippen LogP contribution is -2.56. The first-order valence-corrected chi connectivity index (χ1v) is 9.53. The molecular weight excluding hydrogens is 410 g/mol. The summed E-state index contributed by atoms with van der Waals surface area (Å²) in [5, 5.41) is 53.2. The average Bonchev–Trinajstić information content (AvgIpc) is 3.27. The minimum absolute atomic E-state index is 0.00893. The molecule has 12 heteroatoms. The van der Waals surface area contributed by atoms with Gasteiger partial charge in [-0.15, -0.1) is 0 Å². The highest BCUT2D eigenvalue weighted by atomic mass is 16.6. The van der Waals surface area contributed by atoms with Crippen LogP contribution in [-0.4, -0.2) is 83.2 Å². The van der Waals surface area contributed by atoms with E-state index in [0.29, 0.717) is 28.6 Å². The van der Waals surface area contributed by atoms with Crippen molar-refractivity contribution in [2.75, 3.05) is 19.0 Å². The normalized spacial score (nSPS) is 26.2. The quantitative estimate of drug-likeness (QED) is 0.283. The number of aromatic hydroxyl groups is 1. The zero-order valence-electron chi connectivity index (χ0n) is 16.5. The van der Waals surface area contributed by atoms with Crippen molar-refractivity contribution >= 4 is 5.82 Å². The van der Waals surface area contributed by atoms with Crippen LogP contribution in [0, 0.1) is 0 Å². The monoisotopic (exact) mass is 433 g/mol. The van der Waals surface area contributed by atoms with E-state index >= 15 is 0 Å². The molecule has 1 aromatic rings.